The molecule has 1 aromatic carbocycles. The molecule has 1 saturated heterocycles. The summed E-state index contributed by atoms with van der Waals surface area (Å²) in [5.41, 5.74) is 1.07. The average molecular weight is 254 g/mol. The highest BCUT2D eigenvalue weighted by Gasteiger charge is 2.24. The summed E-state index contributed by atoms with van der Waals surface area (Å²) in [6.45, 7) is 0. The van der Waals surface area contributed by atoms with Crippen molar-refractivity contribution >= 4 is 17.6 Å². The summed E-state index contributed by atoms with van der Waals surface area (Å²) in [6, 6.07) is 7.99. The van der Waals surface area contributed by atoms with Crippen LogP contribution in [0.4, 0.5) is 0 Å². The molecule has 1 heterocycles. The zero-order valence-corrected chi connectivity index (χ0v) is 10.3. The molecule has 2 unspecified atom stereocenters. The molecule has 17 heavy (non-hydrogen) atoms. The van der Waals surface area contributed by atoms with E-state index in [1.807, 2.05) is 24.3 Å². The Kier molecular flexibility index (Phi) is 4.02. The fourth-order valence-electron chi connectivity index (χ4n) is 2.39. The molecule has 0 aliphatic carbocycles. The highest BCUT2D eigenvalue weighted by molar-refractivity contribution is 6.31. The van der Waals surface area contributed by atoms with E-state index in [0.29, 0.717) is 0 Å². The SMILES string of the molecule is O=C(O)CC1CCCC(c2ccccc2Cl)N1. The van der Waals surface area contributed by atoms with Crippen molar-refractivity contribution < 1.29 is 9.90 Å². The Morgan fingerprint density at radius 3 is 2.88 bits per heavy atom. The van der Waals surface area contributed by atoms with E-state index in [2.05, 4.69) is 5.32 Å². The van der Waals surface area contributed by atoms with Crippen molar-refractivity contribution in [2.24, 2.45) is 0 Å². The van der Waals surface area contributed by atoms with Crippen molar-refractivity contribution in [3.63, 3.8) is 0 Å². The summed E-state index contributed by atoms with van der Waals surface area (Å²) < 4.78 is 0. The molecule has 2 rings (SSSR count). The van der Waals surface area contributed by atoms with Crippen LogP contribution in [0.15, 0.2) is 24.3 Å². The van der Waals surface area contributed by atoms with E-state index in [4.69, 9.17) is 16.7 Å². The van der Waals surface area contributed by atoms with Crippen LogP contribution in [0.2, 0.25) is 5.02 Å². The third kappa shape index (κ3) is 3.20. The number of aliphatic carboxylic acids is 1. The number of carboxylic acid groups (broad SMARTS) is 1. The maximum Gasteiger partial charge on any atom is 0.304 e. The number of carboxylic acids is 1. The molecule has 2 N–H and O–H groups in total. The fourth-order valence-corrected chi connectivity index (χ4v) is 2.66. The van der Waals surface area contributed by atoms with Crippen LogP contribution < -0.4 is 5.32 Å². The number of piperidine rings is 1. The molecule has 1 aliphatic heterocycles. The molecular weight excluding hydrogens is 238 g/mol. The Hall–Kier alpha value is -1.06. The van der Waals surface area contributed by atoms with Gasteiger partial charge in [-0.15, -0.1) is 0 Å². The van der Waals surface area contributed by atoms with Gasteiger partial charge in [0.25, 0.3) is 0 Å². The molecule has 0 saturated carbocycles. The molecule has 0 bridgehead atoms. The molecule has 0 radical (unpaired) electrons. The normalized spacial score (nSPS) is 24.5. The van der Waals surface area contributed by atoms with Gasteiger partial charge in [0, 0.05) is 17.1 Å². The van der Waals surface area contributed by atoms with Gasteiger partial charge < -0.3 is 10.4 Å². The van der Waals surface area contributed by atoms with Crippen molar-refractivity contribution in [2.75, 3.05) is 0 Å². The van der Waals surface area contributed by atoms with E-state index >= 15 is 0 Å². The van der Waals surface area contributed by atoms with Crippen LogP contribution in [-0.4, -0.2) is 17.1 Å². The molecule has 1 aliphatic rings. The van der Waals surface area contributed by atoms with E-state index in [1.54, 1.807) is 0 Å². The van der Waals surface area contributed by atoms with Gasteiger partial charge in [0.05, 0.1) is 6.42 Å². The second-order valence-corrected chi connectivity index (χ2v) is 4.87. The number of hydrogen-bond donors (Lipinski definition) is 2. The minimum absolute atomic E-state index is 0.0579. The van der Waals surface area contributed by atoms with Crippen molar-refractivity contribution in [1.82, 2.24) is 5.32 Å². The molecule has 1 fully saturated rings. The van der Waals surface area contributed by atoms with Gasteiger partial charge in [0.2, 0.25) is 0 Å². The summed E-state index contributed by atoms with van der Waals surface area (Å²) in [4.78, 5) is 10.7. The van der Waals surface area contributed by atoms with Crippen molar-refractivity contribution in [1.29, 1.82) is 0 Å². The highest BCUT2D eigenvalue weighted by Crippen LogP contribution is 2.30. The van der Waals surface area contributed by atoms with Crippen molar-refractivity contribution in [2.45, 2.75) is 37.8 Å². The predicted octanol–water partition coefficient (Wildman–Crippen LogP) is 3.00. The largest absolute Gasteiger partial charge is 0.481 e. The predicted molar refractivity (Wildman–Crippen MR) is 67.2 cm³/mol. The average Bonchev–Trinajstić information content (AvgIpc) is 2.29. The molecule has 92 valence electrons. The van der Waals surface area contributed by atoms with Crippen LogP contribution in [0, 0.1) is 0 Å². The van der Waals surface area contributed by atoms with Crippen LogP contribution in [0.25, 0.3) is 0 Å². The molecule has 0 aromatic heterocycles. The molecule has 0 amide bonds. The van der Waals surface area contributed by atoms with E-state index < -0.39 is 5.97 Å². The summed E-state index contributed by atoms with van der Waals surface area (Å²) in [6.07, 6.45) is 3.16. The number of halogens is 1. The zero-order chi connectivity index (χ0) is 12.3. The smallest absolute Gasteiger partial charge is 0.304 e. The van der Waals surface area contributed by atoms with Gasteiger partial charge in [-0.1, -0.05) is 29.8 Å². The number of hydrogen-bond acceptors (Lipinski definition) is 2. The summed E-state index contributed by atoms with van der Waals surface area (Å²) in [5.74, 6) is -0.748. The first-order valence-electron chi connectivity index (χ1n) is 5.89. The monoisotopic (exact) mass is 253 g/mol. The zero-order valence-electron chi connectivity index (χ0n) is 9.53. The second kappa shape index (κ2) is 5.52. The molecule has 2 atom stereocenters. The van der Waals surface area contributed by atoms with Gasteiger partial charge in [-0.2, -0.15) is 0 Å². The molecule has 1 aromatic rings. The van der Waals surface area contributed by atoms with Gasteiger partial charge in [0.15, 0.2) is 0 Å². The third-order valence-corrected chi connectivity index (χ3v) is 3.53. The minimum atomic E-state index is -0.748. The van der Waals surface area contributed by atoms with E-state index in [1.165, 1.54) is 0 Å². The molecular formula is C13H16ClNO2. The second-order valence-electron chi connectivity index (χ2n) is 4.47. The van der Waals surface area contributed by atoms with Crippen LogP contribution in [0.3, 0.4) is 0 Å². The summed E-state index contributed by atoms with van der Waals surface area (Å²) in [7, 11) is 0. The van der Waals surface area contributed by atoms with E-state index in [9.17, 15) is 4.79 Å². The van der Waals surface area contributed by atoms with Gasteiger partial charge in [-0.05, 0) is 30.9 Å². The Labute approximate surface area is 106 Å². The van der Waals surface area contributed by atoms with E-state index in [0.717, 1.165) is 29.8 Å². The Bertz CT molecular complexity index is 408. The molecule has 3 nitrogen and oxygen atoms in total. The number of carbonyl (C=O) groups is 1. The van der Waals surface area contributed by atoms with Crippen LogP contribution in [0.1, 0.15) is 37.3 Å². The van der Waals surface area contributed by atoms with Crippen LogP contribution >= 0.6 is 11.6 Å². The third-order valence-electron chi connectivity index (χ3n) is 3.18. The number of nitrogens with one attached hydrogen (secondary N) is 1. The minimum Gasteiger partial charge on any atom is -0.481 e. The maximum atomic E-state index is 10.7. The first-order valence-corrected chi connectivity index (χ1v) is 6.27. The number of rotatable bonds is 3. The Morgan fingerprint density at radius 1 is 1.41 bits per heavy atom. The van der Waals surface area contributed by atoms with Gasteiger partial charge in [0.1, 0.15) is 0 Å². The summed E-state index contributed by atoms with van der Waals surface area (Å²) in [5, 5.41) is 12.9. The Morgan fingerprint density at radius 2 is 2.18 bits per heavy atom. The van der Waals surface area contributed by atoms with Gasteiger partial charge in [-0.25, -0.2) is 0 Å². The Balaban J connectivity index is 2.07. The first kappa shape index (κ1) is 12.4. The maximum absolute atomic E-state index is 10.7. The quantitative estimate of drug-likeness (QED) is 0.871. The molecule has 4 heteroatoms. The lowest BCUT2D eigenvalue weighted by Crippen LogP contribution is -2.38. The standard InChI is InChI=1S/C13H16ClNO2/c14-11-6-2-1-5-10(11)12-7-3-4-9(15-12)8-13(16)17/h1-2,5-6,9,12,15H,3-4,7-8H2,(H,16,17). The molecule has 0 spiro atoms. The highest BCUT2D eigenvalue weighted by atomic mass is 35.5. The van der Waals surface area contributed by atoms with Crippen LogP contribution in [-0.2, 0) is 4.79 Å². The lowest BCUT2D eigenvalue weighted by molar-refractivity contribution is -0.137. The van der Waals surface area contributed by atoms with Gasteiger partial charge >= 0.3 is 5.97 Å². The van der Waals surface area contributed by atoms with E-state index in [-0.39, 0.29) is 18.5 Å². The van der Waals surface area contributed by atoms with Crippen molar-refractivity contribution in [3.05, 3.63) is 34.9 Å². The van der Waals surface area contributed by atoms with Crippen LogP contribution in [0.5, 0.6) is 0 Å². The number of benzene rings is 1. The lowest BCUT2D eigenvalue weighted by Gasteiger charge is -2.31. The van der Waals surface area contributed by atoms with Gasteiger partial charge in [-0.3, -0.25) is 4.79 Å². The lowest BCUT2D eigenvalue weighted by atomic mass is 9.92. The summed E-state index contributed by atoms with van der Waals surface area (Å²) >= 11 is 6.15. The topological polar surface area (TPSA) is 49.3 Å². The fraction of sp³-hybridized carbons (Fsp3) is 0.462. The van der Waals surface area contributed by atoms with Crippen molar-refractivity contribution in [3.8, 4) is 0 Å². The first-order chi connectivity index (χ1) is 8.16.